The van der Waals surface area contributed by atoms with Gasteiger partial charge in [0.1, 0.15) is 5.82 Å². The average Bonchev–Trinajstić information content (AvgIpc) is 3.24. The van der Waals surface area contributed by atoms with E-state index in [0.717, 1.165) is 16.6 Å². The number of imidazole rings is 2. The summed E-state index contributed by atoms with van der Waals surface area (Å²) in [5, 5.41) is 7.96. The van der Waals surface area contributed by atoms with Crippen LogP contribution in [0.3, 0.4) is 0 Å². The van der Waals surface area contributed by atoms with Crippen LogP contribution in [0.1, 0.15) is 19.2 Å². The van der Waals surface area contributed by atoms with Crippen LogP contribution in [-0.2, 0) is 27.8 Å². The molecule has 0 fully saturated rings. The number of anilines is 1. The molecule has 0 atom stereocenters. The zero-order valence-electron chi connectivity index (χ0n) is 15.7. The van der Waals surface area contributed by atoms with Gasteiger partial charge in [0.05, 0.1) is 27.0 Å². The van der Waals surface area contributed by atoms with E-state index >= 15 is 0 Å². The highest BCUT2D eigenvalue weighted by Crippen LogP contribution is 2.21. The molecule has 150 valence electrons. The minimum absolute atomic E-state index is 0.0138. The third kappa shape index (κ3) is 3.84. The van der Waals surface area contributed by atoms with Crippen molar-refractivity contribution in [2.75, 3.05) is 5.32 Å². The van der Waals surface area contributed by atoms with Crippen molar-refractivity contribution in [3.8, 4) is 0 Å². The molecule has 2 heterocycles. The molecule has 1 amide bonds. The summed E-state index contributed by atoms with van der Waals surface area (Å²) < 4.78 is 25.1. The molecule has 0 bridgehead atoms. The molecular weight excluding hydrogens is 392 g/mol. The second-order valence-electron chi connectivity index (χ2n) is 6.62. The Kier molecular flexibility index (Phi) is 4.81. The van der Waals surface area contributed by atoms with Gasteiger partial charge in [-0.1, -0.05) is 12.1 Å². The summed E-state index contributed by atoms with van der Waals surface area (Å²) in [6.45, 7) is 2.61. The summed E-state index contributed by atoms with van der Waals surface area (Å²) in [5.74, 6) is 0.913. The zero-order chi connectivity index (χ0) is 20.6. The normalized spacial score (nSPS) is 11.9. The Morgan fingerprint density at radius 2 is 1.97 bits per heavy atom. The Labute approximate surface area is 167 Å². The van der Waals surface area contributed by atoms with Gasteiger partial charge in [-0.3, -0.25) is 10.1 Å². The van der Waals surface area contributed by atoms with Crippen LogP contribution in [0, 0.1) is 0 Å². The van der Waals surface area contributed by atoms with Crippen molar-refractivity contribution in [1.82, 2.24) is 19.5 Å². The van der Waals surface area contributed by atoms with Gasteiger partial charge in [-0.2, -0.15) is 0 Å². The SMILES string of the molecule is CCn1c(CCC(=O)Nc2nc3ccccc3[nH]2)nc2cc(S(N)(=O)=O)ccc21. The lowest BCUT2D eigenvalue weighted by Gasteiger charge is -2.06. The lowest BCUT2D eigenvalue weighted by atomic mass is 10.3. The minimum atomic E-state index is -3.80. The molecule has 4 aromatic rings. The first-order chi connectivity index (χ1) is 13.8. The highest BCUT2D eigenvalue weighted by Gasteiger charge is 2.15. The second kappa shape index (κ2) is 7.30. The number of carbonyl (C=O) groups excluding carboxylic acids is 1. The summed E-state index contributed by atoms with van der Waals surface area (Å²) in [7, 11) is -3.80. The summed E-state index contributed by atoms with van der Waals surface area (Å²) in [5.41, 5.74) is 2.96. The van der Waals surface area contributed by atoms with E-state index in [2.05, 4.69) is 20.3 Å². The highest BCUT2D eigenvalue weighted by atomic mass is 32.2. The Hall–Kier alpha value is -3.24. The fraction of sp³-hybridized carbons (Fsp3) is 0.211. The number of H-pyrrole nitrogens is 1. The molecule has 0 spiro atoms. The van der Waals surface area contributed by atoms with Crippen LogP contribution < -0.4 is 10.5 Å². The maximum atomic E-state index is 12.4. The molecule has 29 heavy (non-hydrogen) atoms. The van der Waals surface area contributed by atoms with Gasteiger partial charge >= 0.3 is 0 Å². The number of nitrogens with zero attached hydrogens (tertiary/aromatic N) is 3. The number of aromatic nitrogens is 4. The van der Waals surface area contributed by atoms with Gasteiger partial charge in [0.15, 0.2) is 0 Å². The number of hydrogen-bond donors (Lipinski definition) is 3. The standard InChI is InChI=1S/C19H20N6O3S/c1-2-25-16-8-7-12(29(20,27)28)11-15(16)21-17(25)9-10-18(26)24-19-22-13-5-3-4-6-14(13)23-19/h3-8,11H,2,9-10H2,1H3,(H2,20,27,28)(H2,22,23,24,26). The van der Waals surface area contributed by atoms with Crippen LogP contribution in [0.25, 0.3) is 22.1 Å². The van der Waals surface area contributed by atoms with Gasteiger partial charge in [-0.05, 0) is 37.3 Å². The van der Waals surface area contributed by atoms with Crippen LogP contribution in [0.15, 0.2) is 47.4 Å². The first-order valence-electron chi connectivity index (χ1n) is 9.11. The van der Waals surface area contributed by atoms with Crippen LogP contribution in [0.5, 0.6) is 0 Å². The van der Waals surface area contributed by atoms with Crippen molar-refractivity contribution in [1.29, 1.82) is 0 Å². The molecule has 4 rings (SSSR count). The van der Waals surface area contributed by atoms with Crippen molar-refractivity contribution < 1.29 is 13.2 Å². The van der Waals surface area contributed by atoms with Gasteiger partial charge in [-0.25, -0.2) is 23.5 Å². The van der Waals surface area contributed by atoms with Crippen LogP contribution >= 0.6 is 0 Å². The summed E-state index contributed by atoms with van der Waals surface area (Å²) >= 11 is 0. The van der Waals surface area contributed by atoms with Crippen molar-refractivity contribution in [3.63, 3.8) is 0 Å². The van der Waals surface area contributed by atoms with E-state index in [9.17, 15) is 13.2 Å². The summed E-state index contributed by atoms with van der Waals surface area (Å²) in [6, 6.07) is 12.1. The number of aryl methyl sites for hydroxylation is 2. The number of aromatic amines is 1. The molecule has 0 unspecified atom stereocenters. The van der Waals surface area contributed by atoms with Crippen LogP contribution in [0.2, 0.25) is 0 Å². The first kappa shape index (κ1) is 19.1. The molecule has 2 aromatic heterocycles. The van der Waals surface area contributed by atoms with E-state index in [0.29, 0.717) is 30.3 Å². The van der Waals surface area contributed by atoms with E-state index < -0.39 is 10.0 Å². The van der Waals surface area contributed by atoms with E-state index in [1.165, 1.54) is 12.1 Å². The van der Waals surface area contributed by atoms with E-state index in [-0.39, 0.29) is 17.2 Å². The molecule has 0 aliphatic heterocycles. The number of primary sulfonamides is 1. The number of hydrogen-bond acceptors (Lipinski definition) is 5. The topological polar surface area (TPSA) is 136 Å². The smallest absolute Gasteiger partial charge is 0.238 e. The number of fused-ring (bicyclic) bond motifs is 2. The number of nitrogens with two attached hydrogens (primary N) is 1. The van der Waals surface area contributed by atoms with Gasteiger partial charge in [0.2, 0.25) is 21.9 Å². The second-order valence-corrected chi connectivity index (χ2v) is 8.18. The number of benzene rings is 2. The van der Waals surface area contributed by atoms with E-state index in [1.54, 1.807) is 6.07 Å². The van der Waals surface area contributed by atoms with E-state index in [1.807, 2.05) is 35.8 Å². The van der Waals surface area contributed by atoms with Crippen molar-refractivity contribution in [3.05, 3.63) is 48.3 Å². The Balaban J connectivity index is 1.51. The van der Waals surface area contributed by atoms with Crippen molar-refractivity contribution >= 4 is 43.9 Å². The third-order valence-electron chi connectivity index (χ3n) is 4.67. The van der Waals surface area contributed by atoms with Crippen LogP contribution in [0.4, 0.5) is 5.95 Å². The maximum absolute atomic E-state index is 12.4. The molecule has 0 aliphatic rings. The molecular formula is C19H20N6O3S. The fourth-order valence-corrected chi connectivity index (χ4v) is 3.85. The molecule has 9 nitrogen and oxygen atoms in total. The van der Waals surface area contributed by atoms with Gasteiger partial charge in [0, 0.05) is 19.4 Å². The quantitative estimate of drug-likeness (QED) is 0.446. The number of rotatable bonds is 6. The Morgan fingerprint density at radius 1 is 1.17 bits per heavy atom. The van der Waals surface area contributed by atoms with Gasteiger partial charge in [-0.15, -0.1) is 0 Å². The summed E-state index contributed by atoms with van der Waals surface area (Å²) in [4.78, 5) is 24.3. The lowest BCUT2D eigenvalue weighted by molar-refractivity contribution is -0.116. The third-order valence-corrected chi connectivity index (χ3v) is 5.58. The fourth-order valence-electron chi connectivity index (χ4n) is 3.31. The molecule has 4 N–H and O–H groups in total. The molecule has 10 heteroatoms. The number of para-hydroxylation sites is 2. The van der Waals surface area contributed by atoms with Crippen molar-refractivity contribution in [2.45, 2.75) is 31.2 Å². The van der Waals surface area contributed by atoms with Gasteiger partial charge < -0.3 is 9.55 Å². The predicted octanol–water partition coefficient (Wildman–Crippen LogP) is 2.15. The Morgan fingerprint density at radius 3 is 2.69 bits per heavy atom. The maximum Gasteiger partial charge on any atom is 0.238 e. The van der Waals surface area contributed by atoms with Crippen LogP contribution in [-0.4, -0.2) is 33.8 Å². The number of sulfonamides is 1. The monoisotopic (exact) mass is 412 g/mol. The lowest BCUT2D eigenvalue weighted by Crippen LogP contribution is -2.14. The Bertz CT molecular complexity index is 1290. The average molecular weight is 412 g/mol. The number of amides is 1. The molecule has 0 radical (unpaired) electrons. The zero-order valence-corrected chi connectivity index (χ0v) is 16.5. The predicted molar refractivity (Wildman–Crippen MR) is 110 cm³/mol. The van der Waals surface area contributed by atoms with Crippen molar-refractivity contribution in [2.24, 2.45) is 5.14 Å². The summed E-state index contributed by atoms with van der Waals surface area (Å²) in [6.07, 6.45) is 0.613. The largest absolute Gasteiger partial charge is 0.328 e. The molecule has 0 aliphatic carbocycles. The molecule has 2 aromatic carbocycles. The van der Waals surface area contributed by atoms with Gasteiger partial charge in [0.25, 0.3) is 0 Å². The minimum Gasteiger partial charge on any atom is -0.328 e. The number of nitrogens with one attached hydrogen (secondary N) is 2. The number of carbonyl (C=O) groups is 1. The van der Waals surface area contributed by atoms with E-state index in [4.69, 9.17) is 5.14 Å². The molecule has 0 saturated heterocycles. The highest BCUT2D eigenvalue weighted by molar-refractivity contribution is 7.89. The molecule has 0 saturated carbocycles. The first-order valence-corrected chi connectivity index (χ1v) is 10.7.